The van der Waals surface area contributed by atoms with Gasteiger partial charge in [0.1, 0.15) is 6.33 Å². The van der Waals surface area contributed by atoms with E-state index in [9.17, 15) is 0 Å². The van der Waals surface area contributed by atoms with Gasteiger partial charge in [-0.25, -0.2) is 9.97 Å². The summed E-state index contributed by atoms with van der Waals surface area (Å²) in [7, 11) is 0. The third kappa shape index (κ3) is 2.36. The van der Waals surface area contributed by atoms with Crippen LogP contribution in [0, 0.1) is 5.92 Å². The molecule has 2 rings (SSSR count). The predicted molar refractivity (Wildman–Crippen MR) is 52.0 cm³/mol. The minimum atomic E-state index is 0.681. The van der Waals surface area contributed by atoms with Crippen LogP contribution in [0.1, 0.15) is 12.0 Å². The maximum absolute atomic E-state index is 3.95. The topological polar surface area (TPSA) is 37.8 Å². The van der Waals surface area contributed by atoms with Gasteiger partial charge < -0.3 is 5.32 Å². The Bertz CT molecular complexity index is 275. The Morgan fingerprint density at radius 1 is 1.38 bits per heavy atom. The van der Waals surface area contributed by atoms with Gasteiger partial charge in [-0.05, 0) is 18.9 Å². The molecule has 0 radical (unpaired) electrons. The van der Waals surface area contributed by atoms with E-state index in [-0.39, 0.29) is 0 Å². The van der Waals surface area contributed by atoms with Gasteiger partial charge in [-0.3, -0.25) is 0 Å². The molecule has 1 N–H and O–H groups in total. The number of nitrogens with zero attached hydrogens (tertiary/aromatic N) is 2. The Labute approximate surface area is 77.9 Å². The second-order valence-corrected chi connectivity index (χ2v) is 3.28. The summed E-state index contributed by atoms with van der Waals surface area (Å²) in [5, 5.41) is 3.33. The molecule has 1 aromatic heterocycles. The van der Waals surface area contributed by atoms with Crippen LogP contribution in [0.5, 0.6) is 0 Å². The first-order chi connectivity index (χ1) is 6.45. The van der Waals surface area contributed by atoms with Gasteiger partial charge in [-0.2, -0.15) is 0 Å². The van der Waals surface area contributed by atoms with Crippen LogP contribution in [-0.4, -0.2) is 23.1 Å². The standard InChI is InChI=1S/C10H13N3/c1(9-3-4-11-5-9)2-10-6-12-8-13-7-10/h1-2,6-9,11H,3-5H2/b2-1-. The zero-order valence-electron chi connectivity index (χ0n) is 7.48. The monoisotopic (exact) mass is 175 g/mol. The molecule has 1 saturated heterocycles. The fourth-order valence-corrected chi connectivity index (χ4v) is 1.49. The van der Waals surface area contributed by atoms with E-state index in [1.807, 2.05) is 12.4 Å². The largest absolute Gasteiger partial charge is 0.316 e. The molecular weight excluding hydrogens is 162 g/mol. The fraction of sp³-hybridized carbons (Fsp3) is 0.400. The minimum Gasteiger partial charge on any atom is -0.316 e. The van der Waals surface area contributed by atoms with E-state index in [1.54, 1.807) is 6.33 Å². The summed E-state index contributed by atoms with van der Waals surface area (Å²) in [6.45, 7) is 2.24. The third-order valence-electron chi connectivity index (χ3n) is 2.24. The number of aromatic nitrogens is 2. The molecule has 1 fully saturated rings. The average Bonchev–Trinajstić information content (AvgIpc) is 2.69. The molecule has 3 heteroatoms. The molecule has 3 nitrogen and oxygen atoms in total. The Hall–Kier alpha value is -1.22. The van der Waals surface area contributed by atoms with Crippen molar-refractivity contribution in [2.75, 3.05) is 13.1 Å². The van der Waals surface area contributed by atoms with Crippen LogP contribution in [0.25, 0.3) is 6.08 Å². The first kappa shape index (κ1) is 8.38. The van der Waals surface area contributed by atoms with E-state index < -0.39 is 0 Å². The van der Waals surface area contributed by atoms with Crippen LogP contribution < -0.4 is 5.32 Å². The summed E-state index contributed by atoms with van der Waals surface area (Å²) in [6.07, 6.45) is 10.8. The second kappa shape index (κ2) is 4.14. The average molecular weight is 175 g/mol. The van der Waals surface area contributed by atoms with Crippen LogP contribution in [-0.2, 0) is 0 Å². The quantitative estimate of drug-likeness (QED) is 0.731. The van der Waals surface area contributed by atoms with Gasteiger partial charge in [0.25, 0.3) is 0 Å². The van der Waals surface area contributed by atoms with Crippen molar-refractivity contribution in [1.29, 1.82) is 0 Å². The van der Waals surface area contributed by atoms with Gasteiger partial charge in [-0.15, -0.1) is 0 Å². The molecule has 0 saturated carbocycles. The van der Waals surface area contributed by atoms with Crippen LogP contribution in [0.15, 0.2) is 24.8 Å². The lowest BCUT2D eigenvalue weighted by Crippen LogP contribution is -2.07. The van der Waals surface area contributed by atoms with Crippen LogP contribution in [0.3, 0.4) is 0 Å². The highest BCUT2D eigenvalue weighted by Gasteiger charge is 2.09. The Balaban J connectivity index is 1.97. The lowest BCUT2D eigenvalue weighted by molar-refractivity contribution is 0.731. The normalized spacial score (nSPS) is 22.6. The van der Waals surface area contributed by atoms with Crippen molar-refractivity contribution in [1.82, 2.24) is 15.3 Å². The van der Waals surface area contributed by atoms with Crippen LogP contribution in [0.4, 0.5) is 0 Å². The van der Waals surface area contributed by atoms with Crippen molar-refractivity contribution in [3.05, 3.63) is 30.4 Å². The van der Waals surface area contributed by atoms with Crippen molar-refractivity contribution < 1.29 is 0 Å². The zero-order valence-corrected chi connectivity index (χ0v) is 7.48. The molecule has 1 aromatic rings. The van der Waals surface area contributed by atoms with Crippen molar-refractivity contribution in [3.8, 4) is 0 Å². The molecule has 0 amide bonds. The Kier molecular flexibility index (Phi) is 2.67. The second-order valence-electron chi connectivity index (χ2n) is 3.28. The van der Waals surface area contributed by atoms with E-state index in [1.165, 1.54) is 6.42 Å². The number of hydrogen-bond donors (Lipinski definition) is 1. The molecule has 0 spiro atoms. The maximum Gasteiger partial charge on any atom is 0.115 e. The minimum absolute atomic E-state index is 0.681. The predicted octanol–water partition coefficient (Wildman–Crippen LogP) is 1.10. The first-order valence-corrected chi connectivity index (χ1v) is 4.59. The molecule has 1 aliphatic heterocycles. The molecule has 1 aliphatic rings. The molecule has 1 atom stereocenters. The number of nitrogens with one attached hydrogen (secondary N) is 1. The van der Waals surface area contributed by atoms with E-state index >= 15 is 0 Å². The van der Waals surface area contributed by atoms with Gasteiger partial charge in [-0.1, -0.05) is 12.2 Å². The van der Waals surface area contributed by atoms with Crippen molar-refractivity contribution in [3.63, 3.8) is 0 Å². The lowest BCUT2D eigenvalue weighted by Gasteiger charge is -1.98. The SMILES string of the molecule is C(=C/C1CCNC1)/c1cncnc1. The summed E-state index contributed by atoms with van der Waals surface area (Å²) >= 11 is 0. The van der Waals surface area contributed by atoms with Gasteiger partial charge >= 0.3 is 0 Å². The first-order valence-electron chi connectivity index (χ1n) is 4.59. The maximum atomic E-state index is 3.95. The number of hydrogen-bond acceptors (Lipinski definition) is 3. The highest BCUT2D eigenvalue weighted by atomic mass is 14.9. The lowest BCUT2D eigenvalue weighted by atomic mass is 10.1. The van der Waals surface area contributed by atoms with Crippen molar-refractivity contribution >= 4 is 6.08 Å². The smallest absolute Gasteiger partial charge is 0.115 e. The molecule has 2 heterocycles. The molecule has 0 bridgehead atoms. The molecule has 68 valence electrons. The van der Waals surface area contributed by atoms with Crippen molar-refractivity contribution in [2.24, 2.45) is 5.92 Å². The summed E-state index contributed by atoms with van der Waals surface area (Å²) in [5.41, 5.74) is 1.08. The fourth-order valence-electron chi connectivity index (χ4n) is 1.49. The van der Waals surface area contributed by atoms with Gasteiger partial charge in [0.2, 0.25) is 0 Å². The molecule has 1 unspecified atom stereocenters. The highest BCUT2D eigenvalue weighted by Crippen LogP contribution is 2.10. The van der Waals surface area contributed by atoms with E-state index in [0.717, 1.165) is 18.7 Å². The summed E-state index contributed by atoms with van der Waals surface area (Å²) in [5.74, 6) is 0.681. The summed E-state index contributed by atoms with van der Waals surface area (Å²) < 4.78 is 0. The van der Waals surface area contributed by atoms with E-state index in [2.05, 4.69) is 27.4 Å². The van der Waals surface area contributed by atoms with Crippen LogP contribution >= 0.6 is 0 Å². The number of rotatable bonds is 2. The van der Waals surface area contributed by atoms with Gasteiger partial charge in [0.05, 0.1) is 0 Å². The zero-order chi connectivity index (χ0) is 8.93. The molecular formula is C10H13N3. The molecule has 0 aromatic carbocycles. The van der Waals surface area contributed by atoms with E-state index in [0.29, 0.717) is 5.92 Å². The van der Waals surface area contributed by atoms with Gasteiger partial charge in [0.15, 0.2) is 0 Å². The van der Waals surface area contributed by atoms with Crippen LogP contribution in [0.2, 0.25) is 0 Å². The molecule has 13 heavy (non-hydrogen) atoms. The molecule has 0 aliphatic carbocycles. The summed E-state index contributed by atoms with van der Waals surface area (Å²) in [6, 6.07) is 0. The van der Waals surface area contributed by atoms with Gasteiger partial charge in [0, 0.05) is 24.5 Å². The third-order valence-corrected chi connectivity index (χ3v) is 2.24. The highest BCUT2D eigenvalue weighted by molar-refractivity contribution is 5.46. The summed E-state index contributed by atoms with van der Waals surface area (Å²) in [4.78, 5) is 7.90. The van der Waals surface area contributed by atoms with E-state index in [4.69, 9.17) is 0 Å². The Morgan fingerprint density at radius 3 is 2.92 bits per heavy atom. The van der Waals surface area contributed by atoms with Crippen molar-refractivity contribution in [2.45, 2.75) is 6.42 Å². The Morgan fingerprint density at radius 2 is 2.23 bits per heavy atom.